The Morgan fingerprint density at radius 3 is 2.71 bits per heavy atom. The number of hydrogen-bond acceptors (Lipinski definition) is 3. The summed E-state index contributed by atoms with van der Waals surface area (Å²) in [5.74, 6) is -0.711. The summed E-state index contributed by atoms with van der Waals surface area (Å²) in [6.45, 7) is 0.842. The van der Waals surface area contributed by atoms with Gasteiger partial charge in [0.1, 0.15) is 12.7 Å². The van der Waals surface area contributed by atoms with Crippen LogP contribution < -0.4 is 14.8 Å². The first-order valence-electron chi connectivity index (χ1n) is 7.71. The van der Waals surface area contributed by atoms with Gasteiger partial charge < -0.3 is 14.8 Å². The Balaban J connectivity index is 1.43. The molecule has 0 aromatic heterocycles. The second kappa shape index (κ2) is 7.29. The molecule has 6 heteroatoms. The number of carbonyl (C=O) groups excluding carboxylic acids is 1. The molecule has 1 N–H and O–H groups in total. The van der Waals surface area contributed by atoms with Gasteiger partial charge in [-0.2, -0.15) is 0 Å². The predicted octanol–water partition coefficient (Wildman–Crippen LogP) is 2.85. The van der Waals surface area contributed by atoms with E-state index in [9.17, 15) is 13.6 Å². The molecule has 3 rings (SSSR count). The van der Waals surface area contributed by atoms with Crippen LogP contribution in [0.4, 0.5) is 8.78 Å². The largest absolute Gasteiger partial charge is 0.486 e. The van der Waals surface area contributed by atoms with Crippen LogP contribution in [0.2, 0.25) is 0 Å². The van der Waals surface area contributed by atoms with Crippen LogP contribution in [0.5, 0.6) is 11.5 Å². The zero-order valence-electron chi connectivity index (χ0n) is 12.9. The van der Waals surface area contributed by atoms with Crippen molar-refractivity contribution in [2.75, 3.05) is 13.2 Å². The zero-order chi connectivity index (χ0) is 16.9. The number of halogens is 2. The fourth-order valence-corrected chi connectivity index (χ4v) is 2.48. The molecular formula is C18H17F2NO3. The van der Waals surface area contributed by atoms with E-state index < -0.39 is 11.6 Å². The van der Waals surface area contributed by atoms with Gasteiger partial charge >= 0.3 is 0 Å². The van der Waals surface area contributed by atoms with Crippen molar-refractivity contribution in [2.45, 2.75) is 18.9 Å². The second-order valence-electron chi connectivity index (χ2n) is 5.56. The van der Waals surface area contributed by atoms with Gasteiger partial charge in [-0.3, -0.25) is 4.79 Å². The number of para-hydroxylation sites is 2. The Morgan fingerprint density at radius 2 is 1.92 bits per heavy atom. The molecule has 0 spiro atoms. The SMILES string of the molecule is O=C(Cc1ccc(F)c(F)c1)NCC[C@@H]1COc2ccccc2O1. The number of fused-ring (bicyclic) bond motifs is 1. The van der Waals surface area contributed by atoms with Gasteiger partial charge in [0.2, 0.25) is 5.91 Å². The molecule has 0 aliphatic carbocycles. The molecule has 0 unspecified atom stereocenters. The molecular weight excluding hydrogens is 316 g/mol. The molecule has 1 heterocycles. The van der Waals surface area contributed by atoms with Gasteiger partial charge in [0.05, 0.1) is 6.42 Å². The lowest BCUT2D eigenvalue weighted by Crippen LogP contribution is -2.34. The van der Waals surface area contributed by atoms with Gasteiger partial charge in [-0.05, 0) is 29.8 Å². The number of amides is 1. The average molecular weight is 333 g/mol. The van der Waals surface area contributed by atoms with Gasteiger partial charge in [-0.1, -0.05) is 18.2 Å². The molecule has 2 aromatic carbocycles. The third-order valence-electron chi connectivity index (χ3n) is 3.70. The minimum absolute atomic E-state index is 0.00204. The van der Waals surface area contributed by atoms with Crippen molar-refractivity contribution in [3.05, 3.63) is 59.7 Å². The molecule has 0 radical (unpaired) electrons. The maximum Gasteiger partial charge on any atom is 0.224 e. The first-order valence-corrected chi connectivity index (χ1v) is 7.71. The van der Waals surface area contributed by atoms with Crippen LogP contribution in [0.3, 0.4) is 0 Å². The summed E-state index contributed by atoms with van der Waals surface area (Å²) < 4.78 is 37.3. The van der Waals surface area contributed by atoms with Crippen LogP contribution in [0, 0.1) is 11.6 Å². The summed E-state index contributed by atoms with van der Waals surface area (Å²) in [6, 6.07) is 10.9. The Bertz CT molecular complexity index is 736. The zero-order valence-corrected chi connectivity index (χ0v) is 12.9. The van der Waals surface area contributed by atoms with E-state index in [2.05, 4.69) is 5.32 Å². The lowest BCUT2D eigenvalue weighted by molar-refractivity contribution is -0.120. The highest BCUT2D eigenvalue weighted by molar-refractivity contribution is 5.78. The monoisotopic (exact) mass is 333 g/mol. The van der Waals surface area contributed by atoms with Crippen LogP contribution >= 0.6 is 0 Å². The quantitative estimate of drug-likeness (QED) is 0.915. The van der Waals surface area contributed by atoms with Gasteiger partial charge in [0.25, 0.3) is 0 Å². The van der Waals surface area contributed by atoms with E-state index in [-0.39, 0.29) is 18.4 Å². The normalized spacial score (nSPS) is 15.8. The first-order chi connectivity index (χ1) is 11.6. The number of hydrogen-bond donors (Lipinski definition) is 1. The number of benzene rings is 2. The Morgan fingerprint density at radius 1 is 1.12 bits per heavy atom. The minimum Gasteiger partial charge on any atom is -0.486 e. The fourth-order valence-electron chi connectivity index (χ4n) is 2.48. The van der Waals surface area contributed by atoms with Crippen molar-refractivity contribution in [2.24, 2.45) is 0 Å². The number of ether oxygens (including phenoxy) is 2. The number of nitrogens with one attached hydrogen (secondary N) is 1. The van der Waals surface area contributed by atoms with E-state index in [1.165, 1.54) is 6.07 Å². The molecule has 1 aliphatic heterocycles. The molecule has 0 fully saturated rings. The second-order valence-corrected chi connectivity index (χ2v) is 5.56. The van der Waals surface area contributed by atoms with Crippen molar-refractivity contribution in [1.82, 2.24) is 5.32 Å². The van der Waals surface area contributed by atoms with Crippen molar-refractivity contribution >= 4 is 5.91 Å². The molecule has 4 nitrogen and oxygen atoms in total. The van der Waals surface area contributed by atoms with E-state index in [1.807, 2.05) is 24.3 Å². The van der Waals surface area contributed by atoms with Crippen molar-refractivity contribution < 1.29 is 23.0 Å². The van der Waals surface area contributed by atoms with E-state index in [0.29, 0.717) is 30.9 Å². The maximum atomic E-state index is 13.1. The standard InChI is InChI=1S/C18H17F2NO3/c19-14-6-5-12(9-15(14)20)10-18(22)21-8-7-13-11-23-16-3-1-2-4-17(16)24-13/h1-6,9,13H,7-8,10-11H2,(H,21,22)/t13-/m1/s1. The number of rotatable bonds is 5. The lowest BCUT2D eigenvalue weighted by atomic mass is 10.1. The summed E-state index contributed by atoms with van der Waals surface area (Å²) in [5, 5.41) is 2.75. The van der Waals surface area contributed by atoms with Crippen molar-refractivity contribution in [1.29, 1.82) is 0 Å². The van der Waals surface area contributed by atoms with E-state index in [4.69, 9.17) is 9.47 Å². The number of carbonyl (C=O) groups is 1. The van der Waals surface area contributed by atoms with E-state index in [0.717, 1.165) is 17.9 Å². The van der Waals surface area contributed by atoms with Gasteiger partial charge in [-0.25, -0.2) is 8.78 Å². The molecule has 0 bridgehead atoms. The van der Waals surface area contributed by atoms with Crippen LogP contribution in [-0.4, -0.2) is 25.2 Å². The topological polar surface area (TPSA) is 47.6 Å². The fraction of sp³-hybridized carbons (Fsp3) is 0.278. The highest BCUT2D eigenvalue weighted by atomic mass is 19.2. The minimum atomic E-state index is -0.952. The van der Waals surface area contributed by atoms with Crippen LogP contribution in [-0.2, 0) is 11.2 Å². The molecule has 2 aromatic rings. The van der Waals surface area contributed by atoms with Gasteiger partial charge in [0.15, 0.2) is 23.1 Å². The summed E-state index contributed by atoms with van der Waals surface area (Å²) >= 11 is 0. The van der Waals surface area contributed by atoms with Crippen LogP contribution in [0.1, 0.15) is 12.0 Å². The smallest absolute Gasteiger partial charge is 0.224 e. The van der Waals surface area contributed by atoms with Crippen molar-refractivity contribution in [3.8, 4) is 11.5 Å². The first kappa shape index (κ1) is 16.2. The molecule has 1 amide bonds. The maximum absolute atomic E-state index is 13.1. The molecule has 0 saturated carbocycles. The highest BCUT2D eigenvalue weighted by Crippen LogP contribution is 2.31. The van der Waals surface area contributed by atoms with E-state index >= 15 is 0 Å². The molecule has 1 atom stereocenters. The molecule has 1 aliphatic rings. The third kappa shape index (κ3) is 4.01. The predicted molar refractivity (Wildman–Crippen MR) is 84.0 cm³/mol. The summed E-state index contributed by atoms with van der Waals surface area (Å²) in [7, 11) is 0. The molecule has 126 valence electrons. The average Bonchev–Trinajstić information content (AvgIpc) is 2.58. The summed E-state index contributed by atoms with van der Waals surface area (Å²) in [4.78, 5) is 11.8. The Hall–Kier alpha value is -2.63. The third-order valence-corrected chi connectivity index (χ3v) is 3.70. The van der Waals surface area contributed by atoms with Crippen LogP contribution in [0.15, 0.2) is 42.5 Å². The summed E-state index contributed by atoms with van der Waals surface area (Å²) in [5.41, 5.74) is 0.428. The van der Waals surface area contributed by atoms with Gasteiger partial charge in [0, 0.05) is 13.0 Å². The lowest BCUT2D eigenvalue weighted by Gasteiger charge is -2.26. The summed E-state index contributed by atoms with van der Waals surface area (Å²) in [6.07, 6.45) is 0.461. The van der Waals surface area contributed by atoms with Crippen molar-refractivity contribution in [3.63, 3.8) is 0 Å². The van der Waals surface area contributed by atoms with Crippen LogP contribution in [0.25, 0.3) is 0 Å². The highest BCUT2D eigenvalue weighted by Gasteiger charge is 2.20. The molecule has 24 heavy (non-hydrogen) atoms. The Kier molecular flexibility index (Phi) is 4.93. The van der Waals surface area contributed by atoms with Gasteiger partial charge in [-0.15, -0.1) is 0 Å². The van der Waals surface area contributed by atoms with E-state index in [1.54, 1.807) is 0 Å². The Labute approximate surface area is 138 Å². The molecule has 0 saturated heterocycles.